The zero-order valence-corrected chi connectivity index (χ0v) is 9.83. The molecule has 1 aromatic carbocycles. The van der Waals surface area contributed by atoms with E-state index < -0.39 is 6.73 Å². The van der Waals surface area contributed by atoms with Gasteiger partial charge in [0.2, 0.25) is 0 Å². The van der Waals surface area contributed by atoms with Crippen LogP contribution in [0, 0.1) is 4.91 Å². The number of nitroso groups, excluding NO2 is 1. The van der Waals surface area contributed by atoms with Gasteiger partial charge in [-0.3, -0.25) is 0 Å². The lowest BCUT2D eigenvalue weighted by Gasteiger charge is -2.04. The molecule has 1 N–H and O–H groups in total. The molecule has 0 aromatic heterocycles. The van der Waals surface area contributed by atoms with Crippen molar-refractivity contribution in [1.29, 1.82) is 0 Å². The zero-order valence-electron chi connectivity index (χ0n) is 9.01. The van der Waals surface area contributed by atoms with E-state index in [1.54, 1.807) is 6.07 Å². The van der Waals surface area contributed by atoms with Crippen molar-refractivity contribution in [3.63, 3.8) is 0 Å². The van der Waals surface area contributed by atoms with Gasteiger partial charge < -0.3 is 5.11 Å². The Balaban J connectivity index is 2.70. The van der Waals surface area contributed by atoms with Crippen LogP contribution in [-0.4, -0.2) is 21.8 Å². The van der Waals surface area contributed by atoms with Crippen LogP contribution in [0.4, 0.5) is 5.69 Å². The predicted octanol–water partition coefficient (Wildman–Crippen LogP) is 2.69. The lowest BCUT2D eigenvalue weighted by molar-refractivity contribution is -0.505. The van der Waals surface area contributed by atoms with Crippen molar-refractivity contribution in [2.45, 2.75) is 24.9 Å². The summed E-state index contributed by atoms with van der Waals surface area (Å²) in [6.07, 6.45) is 0. The predicted molar refractivity (Wildman–Crippen MR) is 63.2 cm³/mol. The van der Waals surface area contributed by atoms with E-state index in [0.717, 1.165) is 11.3 Å². The van der Waals surface area contributed by atoms with Gasteiger partial charge in [-0.15, -0.1) is 0 Å². The quantitative estimate of drug-likeness (QED) is 0.620. The molecule has 0 amide bonds. The SMILES string of the molecule is CC(C)SCc1cccc([N+](=O)CO)c1. The van der Waals surface area contributed by atoms with Gasteiger partial charge in [0.1, 0.15) is 0 Å². The number of benzene rings is 1. The Labute approximate surface area is 94.1 Å². The summed E-state index contributed by atoms with van der Waals surface area (Å²) in [4.78, 5) is 11.2. The Hall–Kier alpha value is -0.870. The lowest BCUT2D eigenvalue weighted by atomic mass is 10.2. The normalized spacial score (nSPS) is 10.7. The van der Waals surface area contributed by atoms with E-state index in [0.29, 0.717) is 15.7 Å². The molecule has 0 atom stereocenters. The number of hydrogen-bond donors (Lipinski definition) is 1. The van der Waals surface area contributed by atoms with Crippen LogP contribution < -0.4 is 0 Å². The van der Waals surface area contributed by atoms with Crippen LogP contribution in [0.2, 0.25) is 0 Å². The van der Waals surface area contributed by atoms with Crippen molar-refractivity contribution in [3.05, 3.63) is 34.7 Å². The van der Waals surface area contributed by atoms with Gasteiger partial charge in [-0.1, -0.05) is 26.0 Å². The van der Waals surface area contributed by atoms with E-state index in [1.807, 2.05) is 30.0 Å². The van der Waals surface area contributed by atoms with Gasteiger partial charge in [0, 0.05) is 22.8 Å². The van der Waals surface area contributed by atoms with Crippen molar-refractivity contribution in [2.24, 2.45) is 0 Å². The molecule has 0 spiro atoms. The lowest BCUT2D eigenvalue weighted by Crippen LogP contribution is -2.01. The van der Waals surface area contributed by atoms with Gasteiger partial charge in [-0.25, -0.2) is 0 Å². The minimum absolute atomic E-state index is 0.499. The highest BCUT2D eigenvalue weighted by molar-refractivity contribution is 7.99. The highest BCUT2D eigenvalue weighted by Crippen LogP contribution is 2.20. The fraction of sp³-hybridized carbons (Fsp3) is 0.455. The van der Waals surface area contributed by atoms with Crippen LogP contribution >= 0.6 is 11.8 Å². The van der Waals surface area contributed by atoms with E-state index in [-0.39, 0.29) is 0 Å². The average molecular weight is 226 g/mol. The van der Waals surface area contributed by atoms with Gasteiger partial charge in [0.15, 0.2) is 0 Å². The number of hydrogen-bond acceptors (Lipinski definition) is 3. The molecule has 0 heterocycles. The second-order valence-electron chi connectivity index (χ2n) is 3.55. The molecule has 15 heavy (non-hydrogen) atoms. The molecule has 0 fully saturated rings. The number of aliphatic hydroxyl groups excluding tert-OH is 1. The Kier molecular flexibility index (Phi) is 4.78. The maximum atomic E-state index is 11.2. The number of aliphatic hydroxyl groups is 1. The van der Waals surface area contributed by atoms with E-state index >= 15 is 0 Å². The molecular formula is C11H16NO2S+. The van der Waals surface area contributed by atoms with Crippen LogP contribution in [0.15, 0.2) is 24.3 Å². The van der Waals surface area contributed by atoms with Crippen molar-refractivity contribution in [1.82, 2.24) is 0 Å². The summed E-state index contributed by atoms with van der Waals surface area (Å²) < 4.78 is 0.573. The summed E-state index contributed by atoms with van der Waals surface area (Å²) in [5, 5.41) is 9.28. The summed E-state index contributed by atoms with van der Waals surface area (Å²) in [6.45, 7) is 3.78. The first-order valence-corrected chi connectivity index (χ1v) is 5.94. The van der Waals surface area contributed by atoms with Crippen LogP contribution in [0.1, 0.15) is 19.4 Å². The van der Waals surface area contributed by atoms with E-state index in [4.69, 9.17) is 5.11 Å². The third-order valence-electron chi connectivity index (χ3n) is 1.91. The van der Waals surface area contributed by atoms with Crippen molar-refractivity contribution in [2.75, 3.05) is 6.73 Å². The smallest absolute Gasteiger partial charge is 0.299 e. The molecule has 0 radical (unpaired) electrons. The minimum atomic E-state index is -0.499. The second-order valence-corrected chi connectivity index (χ2v) is 5.11. The molecular weight excluding hydrogens is 210 g/mol. The molecule has 0 saturated heterocycles. The van der Waals surface area contributed by atoms with E-state index in [9.17, 15) is 4.91 Å². The molecule has 0 unspecified atom stereocenters. The molecule has 82 valence electrons. The average Bonchev–Trinajstić information content (AvgIpc) is 2.25. The third-order valence-corrected chi connectivity index (χ3v) is 3.08. The molecule has 3 nitrogen and oxygen atoms in total. The fourth-order valence-corrected chi connectivity index (χ4v) is 1.85. The van der Waals surface area contributed by atoms with Crippen LogP contribution in [0.25, 0.3) is 0 Å². The topological polar surface area (TPSA) is 40.3 Å². The van der Waals surface area contributed by atoms with Gasteiger partial charge in [0.25, 0.3) is 12.4 Å². The van der Waals surface area contributed by atoms with Crippen LogP contribution in [0.3, 0.4) is 0 Å². The number of thioether (sulfide) groups is 1. The largest absolute Gasteiger partial charge is 0.336 e. The first-order valence-electron chi connectivity index (χ1n) is 4.89. The Morgan fingerprint density at radius 2 is 2.20 bits per heavy atom. The third kappa shape index (κ3) is 4.01. The van der Waals surface area contributed by atoms with Gasteiger partial charge in [-0.2, -0.15) is 11.8 Å². The number of nitrogens with zero attached hydrogens (tertiary/aromatic N) is 1. The summed E-state index contributed by atoms with van der Waals surface area (Å²) >= 11 is 1.83. The van der Waals surface area contributed by atoms with Gasteiger partial charge in [0.05, 0.1) is 4.76 Å². The first kappa shape index (κ1) is 12.2. The molecule has 0 saturated carbocycles. The standard InChI is InChI=1S/C11H16NO2S/c1-9(2)15-7-10-4-3-5-11(6-10)12(14)8-13/h3-6,9,13H,7-8H2,1-2H3/q+1. The van der Waals surface area contributed by atoms with Gasteiger partial charge >= 0.3 is 0 Å². The minimum Gasteiger partial charge on any atom is -0.336 e. The highest BCUT2D eigenvalue weighted by atomic mass is 32.2. The summed E-state index contributed by atoms with van der Waals surface area (Å²) in [6, 6.07) is 7.35. The highest BCUT2D eigenvalue weighted by Gasteiger charge is 2.11. The van der Waals surface area contributed by atoms with Crippen molar-refractivity contribution < 1.29 is 9.87 Å². The number of rotatable bonds is 5. The maximum Gasteiger partial charge on any atom is 0.299 e. The first-order chi connectivity index (χ1) is 7.13. The van der Waals surface area contributed by atoms with E-state index in [1.165, 1.54) is 0 Å². The van der Waals surface area contributed by atoms with Crippen molar-refractivity contribution >= 4 is 17.4 Å². The molecule has 4 heteroatoms. The Morgan fingerprint density at radius 1 is 1.47 bits per heavy atom. The summed E-state index contributed by atoms with van der Waals surface area (Å²) in [5.41, 5.74) is 1.62. The van der Waals surface area contributed by atoms with Crippen molar-refractivity contribution in [3.8, 4) is 0 Å². The zero-order chi connectivity index (χ0) is 11.3. The molecule has 0 aliphatic rings. The molecule has 1 aromatic rings. The van der Waals surface area contributed by atoms with Crippen LogP contribution in [-0.2, 0) is 5.75 Å². The summed E-state index contributed by atoms with van der Waals surface area (Å²) in [5.74, 6) is 0.894. The molecule has 0 bridgehead atoms. The molecule has 0 aliphatic carbocycles. The fourth-order valence-electron chi connectivity index (χ4n) is 1.15. The molecule has 1 rings (SSSR count). The van der Waals surface area contributed by atoms with Crippen LogP contribution in [0.5, 0.6) is 0 Å². The van der Waals surface area contributed by atoms with Gasteiger partial charge in [-0.05, 0) is 10.8 Å². The molecule has 0 aliphatic heterocycles. The Morgan fingerprint density at radius 3 is 2.80 bits per heavy atom. The second kappa shape index (κ2) is 5.88. The maximum absolute atomic E-state index is 11.2. The Bertz CT molecular complexity index is 339. The monoisotopic (exact) mass is 226 g/mol. The summed E-state index contributed by atoms with van der Waals surface area (Å²) in [7, 11) is 0. The van der Waals surface area contributed by atoms with E-state index in [2.05, 4.69) is 13.8 Å².